The van der Waals surface area contributed by atoms with E-state index in [0.29, 0.717) is 19.6 Å². The van der Waals surface area contributed by atoms with E-state index in [4.69, 9.17) is 32.8 Å². The van der Waals surface area contributed by atoms with E-state index in [-0.39, 0.29) is 29.7 Å². The molecule has 0 radical (unpaired) electrons. The molecule has 0 aromatic heterocycles. The van der Waals surface area contributed by atoms with Crippen LogP contribution in [0.15, 0.2) is 66.2 Å². The fourth-order valence-electron chi connectivity index (χ4n) is 5.38. The Kier molecular flexibility index (Phi) is 13.8. The largest absolute Gasteiger partial charge is 0.497 e. The van der Waals surface area contributed by atoms with E-state index in [1.807, 2.05) is 75.4 Å². The molecule has 1 aliphatic heterocycles. The minimum atomic E-state index is -2.19. The molecular formula is C38H56O9Si. The third-order valence-corrected chi connectivity index (χ3v) is 14.1. The van der Waals surface area contributed by atoms with Crippen molar-refractivity contribution in [2.24, 2.45) is 5.41 Å². The maximum absolute atomic E-state index is 14.2. The highest BCUT2D eigenvalue weighted by Gasteiger charge is 2.58. The first kappa shape index (κ1) is 39.6. The van der Waals surface area contributed by atoms with Crippen LogP contribution in [-0.4, -0.2) is 72.1 Å². The normalized spacial score (nSPS) is 21.2. The molecule has 2 unspecified atom stereocenters. The number of ether oxygens (including phenoxy) is 6. The van der Waals surface area contributed by atoms with Crippen molar-refractivity contribution in [2.45, 2.75) is 110 Å². The van der Waals surface area contributed by atoms with Crippen LogP contribution < -0.4 is 4.74 Å². The lowest BCUT2D eigenvalue weighted by molar-refractivity contribution is -0.293. The van der Waals surface area contributed by atoms with E-state index in [0.717, 1.165) is 16.9 Å². The van der Waals surface area contributed by atoms with Crippen LogP contribution in [-0.2, 0) is 50.9 Å². The number of methoxy groups -OCH3 is 3. The third-order valence-electron chi connectivity index (χ3n) is 9.64. The smallest absolute Gasteiger partial charge is 0.330 e. The molecule has 4 atom stereocenters. The van der Waals surface area contributed by atoms with Crippen molar-refractivity contribution < 1.29 is 42.4 Å². The van der Waals surface area contributed by atoms with Gasteiger partial charge in [-0.05, 0) is 48.3 Å². The van der Waals surface area contributed by atoms with Gasteiger partial charge in [0.25, 0.3) is 0 Å². The van der Waals surface area contributed by atoms with Gasteiger partial charge in [0.2, 0.25) is 11.6 Å². The summed E-state index contributed by atoms with van der Waals surface area (Å²) in [6.07, 6.45) is 0.446. The highest BCUT2D eigenvalue weighted by Crippen LogP contribution is 2.46. The minimum absolute atomic E-state index is 0.0381. The maximum atomic E-state index is 14.2. The van der Waals surface area contributed by atoms with Gasteiger partial charge in [-0.15, -0.1) is 0 Å². The average Bonchev–Trinajstić information content (AvgIpc) is 3.06. The summed E-state index contributed by atoms with van der Waals surface area (Å²) >= 11 is 0. The first-order chi connectivity index (χ1) is 22.5. The minimum Gasteiger partial charge on any atom is -0.497 e. The summed E-state index contributed by atoms with van der Waals surface area (Å²) in [5, 5.41) is -0.0381. The topological polar surface area (TPSA) is 98.8 Å². The molecule has 10 heteroatoms. The van der Waals surface area contributed by atoms with E-state index in [1.165, 1.54) is 20.3 Å². The molecule has 0 bridgehead atoms. The molecule has 3 rings (SSSR count). The molecule has 266 valence electrons. The molecule has 0 saturated carbocycles. The van der Waals surface area contributed by atoms with E-state index >= 15 is 0 Å². The Hall–Kier alpha value is -2.86. The molecule has 0 N–H and O–H groups in total. The maximum Gasteiger partial charge on any atom is 0.330 e. The summed E-state index contributed by atoms with van der Waals surface area (Å²) < 4.78 is 42.5. The van der Waals surface area contributed by atoms with Crippen molar-refractivity contribution in [2.75, 3.05) is 27.9 Å². The zero-order valence-corrected chi connectivity index (χ0v) is 31.7. The summed E-state index contributed by atoms with van der Waals surface area (Å²) in [6, 6.07) is 17.6. The SMILES string of the molecule is COC(=O)/C=C1\C[C@@H](CC(OCc2ccc(OC)cc2)[C@H](C)OCc2ccccc2)OC(OC)(C(C)(C)CO[Si](C)(C)C(C)(C)C)C1=O. The lowest BCUT2D eigenvalue weighted by Gasteiger charge is -2.50. The summed E-state index contributed by atoms with van der Waals surface area (Å²) in [4.78, 5) is 26.7. The van der Waals surface area contributed by atoms with Gasteiger partial charge in [0.1, 0.15) is 5.75 Å². The Balaban J connectivity index is 1.95. The standard InChI is InChI=1S/C38H56O9Si/c1-27(44-24-28-15-13-12-14-16-28)33(45-25-29-17-19-31(41-7)20-18-29)23-32-21-30(22-34(39)42-8)35(40)38(43-9,47-32)37(5,6)26-46-48(10,11)36(2,3)4/h12-20,22,27,32-33H,21,23-26H2,1-11H3/b30-22+/t27-,32-,33?,38?/m0/s1. The summed E-state index contributed by atoms with van der Waals surface area (Å²) in [5.74, 6) is -2.01. The molecule has 1 saturated heterocycles. The van der Waals surface area contributed by atoms with E-state index in [2.05, 4.69) is 33.9 Å². The van der Waals surface area contributed by atoms with Crippen molar-refractivity contribution in [3.63, 3.8) is 0 Å². The van der Waals surface area contributed by atoms with Gasteiger partial charge in [0.05, 0.1) is 45.7 Å². The monoisotopic (exact) mass is 684 g/mol. The van der Waals surface area contributed by atoms with Crippen LogP contribution in [0.25, 0.3) is 0 Å². The number of rotatable bonds is 16. The van der Waals surface area contributed by atoms with E-state index in [1.54, 1.807) is 7.11 Å². The van der Waals surface area contributed by atoms with Gasteiger partial charge < -0.3 is 32.8 Å². The number of hydrogen-bond donors (Lipinski definition) is 0. The molecule has 2 aromatic carbocycles. The van der Waals surface area contributed by atoms with E-state index < -0.39 is 43.5 Å². The predicted octanol–water partition coefficient (Wildman–Crippen LogP) is 7.42. The summed E-state index contributed by atoms with van der Waals surface area (Å²) in [7, 11) is 2.19. The number of ketones is 1. The van der Waals surface area contributed by atoms with Crippen LogP contribution in [0.3, 0.4) is 0 Å². The highest BCUT2D eigenvalue weighted by molar-refractivity contribution is 6.74. The average molecular weight is 685 g/mol. The van der Waals surface area contributed by atoms with Crippen LogP contribution in [0.5, 0.6) is 5.75 Å². The number of Topliss-reactive ketones (excluding diaryl/α,β-unsaturated/α-hetero) is 1. The summed E-state index contributed by atoms with van der Waals surface area (Å²) in [5.41, 5.74) is 1.35. The van der Waals surface area contributed by atoms with Crippen LogP contribution in [0.2, 0.25) is 18.1 Å². The van der Waals surface area contributed by atoms with Crippen LogP contribution in [0.1, 0.15) is 65.5 Å². The molecule has 48 heavy (non-hydrogen) atoms. The number of benzene rings is 2. The molecule has 1 aliphatic rings. The molecule has 1 fully saturated rings. The van der Waals surface area contributed by atoms with Gasteiger partial charge >= 0.3 is 5.97 Å². The van der Waals surface area contributed by atoms with Gasteiger partial charge in [-0.1, -0.05) is 77.1 Å². The zero-order valence-electron chi connectivity index (χ0n) is 30.7. The van der Waals surface area contributed by atoms with Crippen LogP contribution in [0.4, 0.5) is 0 Å². The van der Waals surface area contributed by atoms with Crippen molar-refractivity contribution in [3.8, 4) is 5.75 Å². The molecule has 0 spiro atoms. The number of esters is 1. The fraction of sp³-hybridized carbons (Fsp3) is 0.579. The molecular weight excluding hydrogens is 628 g/mol. The number of hydrogen-bond acceptors (Lipinski definition) is 9. The van der Waals surface area contributed by atoms with Gasteiger partial charge in [0.15, 0.2) is 8.32 Å². The Labute approximate surface area is 288 Å². The van der Waals surface area contributed by atoms with Crippen LogP contribution >= 0.6 is 0 Å². The van der Waals surface area contributed by atoms with Crippen molar-refractivity contribution >= 4 is 20.1 Å². The van der Waals surface area contributed by atoms with E-state index in [9.17, 15) is 9.59 Å². The Bertz CT molecular complexity index is 1360. The Morgan fingerprint density at radius 1 is 0.958 bits per heavy atom. The van der Waals surface area contributed by atoms with Crippen molar-refractivity contribution in [3.05, 3.63) is 77.4 Å². The second-order valence-electron chi connectivity index (χ2n) is 14.7. The molecule has 0 aliphatic carbocycles. The summed E-state index contributed by atoms with van der Waals surface area (Å²) in [6.45, 7) is 17.6. The lowest BCUT2D eigenvalue weighted by Crippen LogP contribution is -2.62. The van der Waals surface area contributed by atoms with Gasteiger partial charge in [-0.3, -0.25) is 4.79 Å². The van der Waals surface area contributed by atoms with Crippen molar-refractivity contribution in [1.29, 1.82) is 0 Å². The number of carbonyl (C=O) groups excluding carboxylic acids is 2. The lowest BCUT2D eigenvalue weighted by atomic mass is 9.76. The molecule has 2 aromatic rings. The second-order valence-corrected chi connectivity index (χ2v) is 19.5. The third kappa shape index (κ3) is 9.86. The van der Waals surface area contributed by atoms with Crippen LogP contribution in [0, 0.1) is 5.41 Å². The molecule has 1 heterocycles. The Morgan fingerprint density at radius 2 is 1.56 bits per heavy atom. The van der Waals surface area contributed by atoms with Gasteiger partial charge in [0, 0.05) is 43.6 Å². The van der Waals surface area contributed by atoms with Gasteiger partial charge in [-0.2, -0.15) is 0 Å². The molecule has 9 nitrogen and oxygen atoms in total. The molecule has 0 amide bonds. The van der Waals surface area contributed by atoms with Gasteiger partial charge in [-0.25, -0.2) is 4.79 Å². The first-order valence-electron chi connectivity index (χ1n) is 16.6. The highest BCUT2D eigenvalue weighted by atomic mass is 28.4. The number of carbonyl (C=O) groups is 2. The Morgan fingerprint density at radius 3 is 2.12 bits per heavy atom. The predicted molar refractivity (Wildman–Crippen MR) is 188 cm³/mol. The first-order valence-corrected chi connectivity index (χ1v) is 19.5. The quantitative estimate of drug-likeness (QED) is 0.102. The fourth-order valence-corrected chi connectivity index (χ4v) is 6.54. The second kappa shape index (κ2) is 16.7. The van der Waals surface area contributed by atoms with Crippen molar-refractivity contribution in [1.82, 2.24) is 0 Å². The zero-order chi connectivity index (χ0) is 35.8.